The van der Waals surface area contributed by atoms with Gasteiger partial charge in [-0.25, -0.2) is 14.6 Å². The van der Waals surface area contributed by atoms with E-state index in [1.165, 1.54) is 4.57 Å². The molecule has 9 nitrogen and oxygen atoms in total. The number of carbonyl (C=O) groups is 2. The first-order valence-electron chi connectivity index (χ1n) is 14.5. The minimum absolute atomic E-state index is 0.241. The van der Waals surface area contributed by atoms with Gasteiger partial charge in [0, 0.05) is 12.2 Å². The number of urea groups is 1. The molecule has 1 heterocycles. The van der Waals surface area contributed by atoms with Crippen molar-refractivity contribution in [2.45, 2.75) is 33.4 Å². The summed E-state index contributed by atoms with van der Waals surface area (Å²) in [5, 5.41) is 3.40. The molecule has 0 radical (unpaired) electrons. The second-order valence-corrected chi connectivity index (χ2v) is 10.0. The quantitative estimate of drug-likeness (QED) is 0.180. The number of amides is 2. The summed E-state index contributed by atoms with van der Waals surface area (Å²) in [6, 6.07) is 29.5. The van der Waals surface area contributed by atoms with Crippen LogP contribution in [-0.4, -0.2) is 39.7 Å². The molecule has 2 amide bonds. The molecule has 0 aliphatic rings. The van der Waals surface area contributed by atoms with Crippen LogP contribution in [0.25, 0.3) is 16.6 Å². The zero-order chi connectivity index (χ0) is 31.1. The zero-order valence-corrected chi connectivity index (χ0v) is 24.9. The van der Waals surface area contributed by atoms with Crippen LogP contribution in [0.1, 0.15) is 48.6 Å². The smallest absolute Gasteiger partial charge is 0.338 e. The molecule has 1 atom stereocenters. The van der Waals surface area contributed by atoms with Crippen LogP contribution in [0.3, 0.4) is 0 Å². The second kappa shape index (κ2) is 13.7. The molecule has 0 aliphatic carbocycles. The van der Waals surface area contributed by atoms with E-state index in [2.05, 4.69) is 5.32 Å². The maximum absolute atomic E-state index is 14.1. The molecule has 1 unspecified atom stereocenters. The molecule has 5 rings (SSSR count). The highest BCUT2D eigenvalue weighted by Gasteiger charge is 2.28. The number of aromatic nitrogens is 2. The lowest BCUT2D eigenvalue weighted by atomic mass is 10.1. The Morgan fingerprint density at radius 3 is 2.27 bits per heavy atom. The first-order chi connectivity index (χ1) is 21.4. The van der Waals surface area contributed by atoms with Gasteiger partial charge in [0.1, 0.15) is 11.6 Å². The van der Waals surface area contributed by atoms with Gasteiger partial charge in [-0.2, -0.15) is 0 Å². The summed E-state index contributed by atoms with van der Waals surface area (Å²) in [4.78, 5) is 46.8. The SMILES string of the molecule is CCOC(=O)c1ccc(NC(=O)N(Cc2ccccc2)C(C)c2nc3ccccc3c(=O)n2-c2ccccc2OCC)cc1. The number of ether oxygens (including phenoxy) is 2. The monoisotopic (exact) mass is 590 g/mol. The number of rotatable bonds is 10. The van der Waals surface area contributed by atoms with Crippen molar-refractivity contribution in [3.63, 3.8) is 0 Å². The summed E-state index contributed by atoms with van der Waals surface area (Å²) in [5.74, 6) is 0.477. The highest BCUT2D eigenvalue weighted by Crippen LogP contribution is 2.29. The predicted molar refractivity (Wildman–Crippen MR) is 170 cm³/mol. The summed E-state index contributed by atoms with van der Waals surface area (Å²) in [6.07, 6.45) is 0. The van der Waals surface area contributed by atoms with E-state index in [1.807, 2.05) is 74.5 Å². The first-order valence-corrected chi connectivity index (χ1v) is 14.5. The van der Waals surface area contributed by atoms with Crippen molar-refractivity contribution in [2.75, 3.05) is 18.5 Å². The summed E-state index contributed by atoms with van der Waals surface area (Å²) < 4.78 is 12.5. The molecule has 0 saturated heterocycles. The predicted octanol–water partition coefficient (Wildman–Crippen LogP) is 6.76. The van der Waals surface area contributed by atoms with Crippen molar-refractivity contribution in [1.82, 2.24) is 14.5 Å². The largest absolute Gasteiger partial charge is 0.492 e. The van der Waals surface area contributed by atoms with Gasteiger partial charge in [-0.1, -0.05) is 54.6 Å². The summed E-state index contributed by atoms with van der Waals surface area (Å²) in [7, 11) is 0. The lowest BCUT2D eigenvalue weighted by Crippen LogP contribution is -2.39. The van der Waals surface area contributed by atoms with Gasteiger partial charge in [0.15, 0.2) is 0 Å². The summed E-state index contributed by atoms with van der Waals surface area (Å²) in [5.41, 5.74) is 2.58. The van der Waals surface area contributed by atoms with Crippen LogP contribution in [0, 0.1) is 0 Å². The Kier molecular flexibility index (Phi) is 9.34. The van der Waals surface area contributed by atoms with Gasteiger partial charge in [0.05, 0.1) is 41.4 Å². The van der Waals surface area contributed by atoms with Gasteiger partial charge >= 0.3 is 12.0 Å². The molecule has 4 aromatic carbocycles. The number of nitrogens with one attached hydrogen (secondary N) is 1. The number of hydrogen-bond acceptors (Lipinski definition) is 6. The Labute approximate surface area is 255 Å². The molecule has 5 aromatic rings. The third kappa shape index (κ3) is 6.47. The fourth-order valence-corrected chi connectivity index (χ4v) is 4.99. The fourth-order valence-electron chi connectivity index (χ4n) is 4.99. The van der Waals surface area contributed by atoms with Gasteiger partial charge in [-0.15, -0.1) is 0 Å². The van der Waals surface area contributed by atoms with Crippen LogP contribution in [-0.2, 0) is 11.3 Å². The van der Waals surface area contributed by atoms with Crippen molar-refractivity contribution in [1.29, 1.82) is 0 Å². The topological polar surface area (TPSA) is 103 Å². The lowest BCUT2D eigenvalue weighted by Gasteiger charge is -2.31. The maximum atomic E-state index is 14.1. The van der Waals surface area contributed by atoms with Crippen molar-refractivity contribution >= 4 is 28.6 Å². The van der Waals surface area contributed by atoms with Gasteiger partial charge in [-0.3, -0.25) is 9.36 Å². The minimum Gasteiger partial charge on any atom is -0.492 e. The number of carbonyl (C=O) groups excluding carboxylic acids is 2. The van der Waals surface area contributed by atoms with E-state index in [4.69, 9.17) is 14.5 Å². The van der Waals surface area contributed by atoms with Crippen LogP contribution in [0.2, 0.25) is 0 Å². The van der Waals surface area contributed by atoms with E-state index >= 15 is 0 Å². The van der Waals surface area contributed by atoms with E-state index in [0.717, 1.165) is 5.56 Å². The third-order valence-electron chi connectivity index (χ3n) is 7.15. The van der Waals surface area contributed by atoms with E-state index in [9.17, 15) is 14.4 Å². The Morgan fingerprint density at radius 2 is 1.55 bits per heavy atom. The average molecular weight is 591 g/mol. The maximum Gasteiger partial charge on any atom is 0.338 e. The van der Waals surface area contributed by atoms with Crippen LogP contribution in [0.4, 0.5) is 10.5 Å². The Bertz CT molecular complexity index is 1820. The Hall–Kier alpha value is -5.44. The van der Waals surface area contributed by atoms with Crippen LogP contribution >= 0.6 is 0 Å². The summed E-state index contributed by atoms with van der Waals surface area (Å²) >= 11 is 0. The number of fused-ring (bicyclic) bond motifs is 1. The van der Waals surface area contributed by atoms with E-state index in [-0.39, 0.29) is 18.7 Å². The number of para-hydroxylation sites is 3. The van der Waals surface area contributed by atoms with Crippen LogP contribution in [0.5, 0.6) is 5.75 Å². The average Bonchev–Trinajstić information content (AvgIpc) is 3.05. The number of hydrogen-bond donors (Lipinski definition) is 1. The van der Waals surface area contributed by atoms with Crippen LogP contribution in [0.15, 0.2) is 108 Å². The van der Waals surface area contributed by atoms with Crippen LogP contribution < -0.4 is 15.6 Å². The number of nitrogens with zero attached hydrogens (tertiary/aromatic N) is 3. The molecule has 44 heavy (non-hydrogen) atoms. The number of benzene rings is 4. The van der Waals surface area contributed by atoms with Gasteiger partial charge < -0.3 is 19.7 Å². The summed E-state index contributed by atoms with van der Waals surface area (Å²) in [6.45, 7) is 6.40. The third-order valence-corrected chi connectivity index (χ3v) is 7.15. The standard InChI is InChI=1S/C35H34N4O5/c1-4-43-31-18-12-11-17-30(31)39-32(37-29-16-10-9-15-28(29)33(39)40)24(3)38(23-25-13-7-6-8-14-25)35(42)36-27-21-19-26(20-22-27)34(41)44-5-2/h6-22,24H,4-5,23H2,1-3H3,(H,36,42). The first kappa shape index (κ1) is 30.0. The van der Waals surface area contributed by atoms with Gasteiger partial charge in [-0.05, 0) is 74.9 Å². The minimum atomic E-state index is -0.666. The zero-order valence-electron chi connectivity index (χ0n) is 24.9. The van der Waals surface area contributed by atoms with Crippen molar-refractivity contribution in [2.24, 2.45) is 0 Å². The lowest BCUT2D eigenvalue weighted by molar-refractivity contribution is 0.0526. The van der Waals surface area contributed by atoms with Gasteiger partial charge in [0.2, 0.25) is 0 Å². The molecule has 0 aliphatic heterocycles. The van der Waals surface area contributed by atoms with Crippen molar-refractivity contribution in [3.05, 3.63) is 130 Å². The highest BCUT2D eigenvalue weighted by molar-refractivity contribution is 5.92. The fraction of sp³-hybridized carbons (Fsp3) is 0.200. The molecule has 1 N–H and O–H groups in total. The molecule has 9 heteroatoms. The van der Waals surface area contributed by atoms with E-state index < -0.39 is 18.0 Å². The Balaban J connectivity index is 1.60. The number of anilines is 1. The molecule has 1 aromatic heterocycles. The molecule has 0 saturated carbocycles. The highest BCUT2D eigenvalue weighted by atomic mass is 16.5. The molecule has 224 valence electrons. The van der Waals surface area contributed by atoms with E-state index in [1.54, 1.807) is 54.3 Å². The van der Waals surface area contributed by atoms with Gasteiger partial charge in [0.25, 0.3) is 5.56 Å². The number of esters is 1. The molecule has 0 bridgehead atoms. The van der Waals surface area contributed by atoms with E-state index in [0.29, 0.717) is 46.0 Å². The van der Waals surface area contributed by atoms with Crippen molar-refractivity contribution in [3.8, 4) is 11.4 Å². The molecule has 0 fully saturated rings. The molecular weight excluding hydrogens is 556 g/mol. The normalized spacial score (nSPS) is 11.5. The Morgan fingerprint density at radius 1 is 0.864 bits per heavy atom. The second-order valence-electron chi connectivity index (χ2n) is 10.0. The molecular formula is C35H34N4O5. The van der Waals surface area contributed by atoms with Crippen molar-refractivity contribution < 1.29 is 19.1 Å². The molecule has 0 spiro atoms.